The number of halogens is 3. The molecule has 30 heavy (non-hydrogen) atoms. The lowest BCUT2D eigenvalue weighted by atomic mass is 9.93. The Morgan fingerprint density at radius 3 is 2.60 bits per heavy atom. The Kier molecular flexibility index (Phi) is 5.33. The molecule has 0 unspecified atom stereocenters. The van der Waals surface area contributed by atoms with Crippen LogP contribution in [0.4, 0.5) is 30.6 Å². The summed E-state index contributed by atoms with van der Waals surface area (Å²) in [5, 5.41) is 15.9. The number of nitrogens with one attached hydrogen (secondary N) is 3. The molecule has 2 heterocycles. The van der Waals surface area contributed by atoms with E-state index >= 15 is 0 Å². The molecule has 1 aromatic carbocycles. The zero-order chi connectivity index (χ0) is 21.3. The molecule has 3 aromatic rings. The van der Waals surface area contributed by atoms with E-state index in [9.17, 15) is 23.1 Å². The fourth-order valence-corrected chi connectivity index (χ4v) is 3.56. The van der Waals surface area contributed by atoms with Crippen LogP contribution < -0.4 is 16.2 Å². The van der Waals surface area contributed by atoms with Crippen LogP contribution in [-0.2, 0) is 6.18 Å². The minimum atomic E-state index is -4.48. The number of aliphatic hydroxyl groups excluding tert-OH is 1. The Labute approximate surface area is 169 Å². The first kappa shape index (κ1) is 20.1. The van der Waals surface area contributed by atoms with Gasteiger partial charge in [-0.1, -0.05) is 6.07 Å². The van der Waals surface area contributed by atoms with E-state index in [2.05, 4.69) is 25.6 Å². The number of rotatable bonds is 4. The Bertz CT molecular complexity index is 1110. The fourth-order valence-electron chi connectivity index (χ4n) is 3.56. The quantitative estimate of drug-likeness (QED) is 0.513. The molecule has 10 heteroatoms. The number of hydrogen-bond donors (Lipinski definition) is 4. The Hall–Kier alpha value is -3.14. The van der Waals surface area contributed by atoms with Crippen molar-refractivity contribution in [2.24, 2.45) is 0 Å². The SMILES string of the molecule is O=c1[nH]ccc2nc(NC3CCC(O)CC3)nc(Nc3cccc(C(F)(F)F)c3)c12. The highest BCUT2D eigenvalue weighted by molar-refractivity contribution is 5.90. The summed E-state index contributed by atoms with van der Waals surface area (Å²) in [6.07, 6.45) is -0.520. The lowest BCUT2D eigenvalue weighted by Crippen LogP contribution is -2.29. The van der Waals surface area contributed by atoms with E-state index in [4.69, 9.17) is 0 Å². The van der Waals surface area contributed by atoms with Gasteiger partial charge in [0.05, 0.1) is 17.2 Å². The van der Waals surface area contributed by atoms with Gasteiger partial charge in [-0.05, 0) is 49.9 Å². The molecule has 0 bridgehead atoms. The third-order valence-corrected chi connectivity index (χ3v) is 5.10. The maximum Gasteiger partial charge on any atom is 0.416 e. The van der Waals surface area contributed by atoms with Gasteiger partial charge in [0.1, 0.15) is 11.2 Å². The molecule has 0 radical (unpaired) electrons. The van der Waals surface area contributed by atoms with Gasteiger partial charge in [0.15, 0.2) is 0 Å². The van der Waals surface area contributed by atoms with Crippen molar-refractivity contribution in [2.45, 2.75) is 44.0 Å². The smallest absolute Gasteiger partial charge is 0.393 e. The molecule has 0 saturated heterocycles. The number of pyridine rings is 1. The van der Waals surface area contributed by atoms with Gasteiger partial charge in [0.2, 0.25) is 5.95 Å². The van der Waals surface area contributed by atoms with Crippen molar-refractivity contribution in [2.75, 3.05) is 10.6 Å². The van der Waals surface area contributed by atoms with Gasteiger partial charge in [-0.2, -0.15) is 18.2 Å². The van der Waals surface area contributed by atoms with Crippen LogP contribution in [0.5, 0.6) is 0 Å². The topological polar surface area (TPSA) is 103 Å². The first-order valence-electron chi connectivity index (χ1n) is 9.58. The van der Waals surface area contributed by atoms with Gasteiger partial charge >= 0.3 is 6.18 Å². The minimum Gasteiger partial charge on any atom is -0.393 e. The summed E-state index contributed by atoms with van der Waals surface area (Å²) in [4.78, 5) is 23.6. The predicted molar refractivity (Wildman–Crippen MR) is 107 cm³/mol. The van der Waals surface area contributed by atoms with Crippen molar-refractivity contribution in [3.8, 4) is 0 Å². The molecule has 158 valence electrons. The molecule has 1 aliphatic rings. The molecule has 4 rings (SSSR count). The van der Waals surface area contributed by atoms with Crippen molar-refractivity contribution in [1.82, 2.24) is 15.0 Å². The second-order valence-electron chi connectivity index (χ2n) is 7.32. The summed E-state index contributed by atoms with van der Waals surface area (Å²) in [6, 6.07) is 6.35. The van der Waals surface area contributed by atoms with E-state index in [0.29, 0.717) is 18.4 Å². The van der Waals surface area contributed by atoms with Gasteiger partial charge in [0, 0.05) is 17.9 Å². The zero-order valence-corrected chi connectivity index (χ0v) is 15.8. The number of nitrogens with zero attached hydrogens (tertiary/aromatic N) is 2. The first-order chi connectivity index (χ1) is 14.3. The average Bonchev–Trinajstić information content (AvgIpc) is 2.69. The molecule has 1 aliphatic carbocycles. The van der Waals surface area contributed by atoms with E-state index in [-0.39, 0.29) is 35.0 Å². The van der Waals surface area contributed by atoms with Crippen molar-refractivity contribution in [3.05, 3.63) is 52.4 Å². The number of fused-ring (bicyclic) bond motifs is 1. The van der Waals surface area contributed by atoms with Gasteiger partial charge < -0.3 is 20.7 Å². The number of aromatic amines is 1. The van der Waals surface area contributed by atoms with Gasteiger partial charge in [-0.25, -0.2) is 4.98 Å². The fraction of sp³-hybridized carbons (Fsp3) is 0.350. The Morgan fingerprint density at radius 2 is 1.87 bits per heavy atom. The lowest BCUT2D eigenvalue weighted by molar-refractivity contribution is -0.137. The highest BCUT2D eigenvalue weighted by atomic mass is 19.4. The number of benzene rings is 1. The molecule has 0 amide bonds. The molecule has 1 fully saturated rings. The predicted octanol–water partition coefficient (Wildman–Crippen LogP) is 3.80. The second kappa shape index (κ2) is 7.94. The minimum absolute atomic E-state index is 0.0641. The average molecular weight is 419 g/mol. The monoisotopic (exact) mass is 419 g/mol. The van der Waals surface area contributed by atoms with Crippen molar-refractivity contribution < 1.29 is 18.3 Å². The van der Waals surface area contributed by atoms with Gasteiger partial charge in [0.25, 0.3) is 5.56 Å². The summed E-state index contributed by atoms with van der Waals surface area (Å²) in [7, 11) is 0. The van der Waals surface area contributed by atoms with E-state index in [1.165, 1.54) is 18.3 Å². The highest BCUT2D eigenvalue weighted by Gasteiger charge is 2.30. The maximum atomic E-state index is 13.0. The number of aliphatic hydroxyl groups is 1. The molecular formula is C20H20F3N5O2. The summed E-state index contributed by atoms with van der Waals surface area (Å²) >= 11 is 0. The summed E-state index contributed by atoms with van der Waals surface area (Å²) < 4.78 is 39.1. The molecular weight excluding hydrogens is 399 g/mol. The molecule has 0 aliphatic heterocycles. The van der Waals surface area contributed by atoms with E-state index in [0.717, 1.165) is 25.0 Å². The normalized spacial score (nSPS) is 19.6. The van der Waals surface area contributed by atoms with Crippen LogP contribution in [0.3, 0.4) is 0 Å². The van der Waals surface area contributed by atoms with E-state index in [1.54, 1.807) is 6.07 Å². The third kappa shape index (κ3) is 4.38. The second-order valence-corrected chi connectivity index (χ2v) is 7.32. The van der Waals surface area contributed by atoms with Gasteiger partial charge in [-0.3, -0.25) is 4.79 Å². The van der Waals surface area contributed by atoms with E-state index in [1.807, 2.05) is 0 Å². The molecule has 0 atom stereocenters. The zero-order valence-electron chi connectivity index (χ0n) is 15.8. The Balaban J connectivity index is 1.70. The Morgan fingerprint density at radius 1 is 1.10 bits per heavy atom. The molecule has 2 aromatic heterocycles. The van der Waals surface area contributed by atoms with Crippen LogP contribution in [0.2, 0.25) is 0 Å². The number of hydrogen-bond acceptors (Lipinski definition) is 6. The summed E-state index contributed by atoms with van der Waals surface area (Å²) in [5.41, 5.74) is -0.741. The van der Waals surface area contributed by atoms with Crippen LogP contribution >= 0.6 is 0 Å². The van der Waals surface area contributed by atoms with Crippen molar-refractivity contribution in [1.29, 1.82) is 0 Å². The molecule has 0 spiro atoms. The highest BCUT2D eigenvalue weighted by Crippen LogP contribution is 2.32. The van der Waals surface area contributed by atoms with Crippen LogP contribution in [-0.4, -0.2) is 32.2 Å². The first-order valence-corrected chi connectivity index (χ1v) is 9.58. The lowest BCUT2D eigenvalue weighted by Gasteiger charge is -2.26. The van der Waals surface area contributed by atoms with Crippen molar-refractivity contribution >= 4 is 28.4 Å². The molecule has 4 N–H and O–H groups in total. The van der Waals surface area contributed by atoms with Crippen LogP contribution in [0, 0.1) is 0 Å². The summed E-state index contributed by atoms with van der Waals surface area (Å²) in [6.45, 7) is 0. The molecule has 1 saturated carbocycles. The van der Waals surface area contributed by atoms with Crippen LogP contribution in [0.25, 0.3) is 10.9 Å². The number of aromatic nitrogens is 3. The van der Waals surface area contributed by atoms with E-state index < -0.39 is 17.3 Å². The third-order valence-electron chi connectivity index (χ3n) is 5.10. The van der Waals surface area contributed by atoms with Crippen LogP contribution in [0.15, 0.2) is 41.3 Å². The number of alkyl halides is 3. The number of H-pyrrole nitrogens is 1. The van der Waals surface area contributed by atoms with Crippen molar-refractivity contribution in [3.63, 3.8) is 0 Å². The summed E-state index contributed by atoms with van der Waals surface area (Å²) in [5.74, 6) is 0.378. The number of anilines is 3. The standard InChI is InChI=1S/C20H20F3N5O2/c21-20(22,23)11-2-1-3-13(10-11)25-17-16-15(8-9-24-18(16)30)27-19(28-17)26-12-4-6-14(29)7-5-12/h1-3,8-10,12,14,29H,4-7H2,(H,24,30)(H2,25,26,27,28). The van der Waals surface area contributed by atoms with Crippen LogP contribution in [0.1, 0.15) is 31.2 Å². The van der Waals surface area contributed by atoms with Gasteiger partial charge in [-0.15, -0.1) is 0 Å². The maximum absolute atomic E-state index is 13.0. The largest absolute Gasteiger partial charge is 0.416 e. The molecule has 7 nitrogen and oxygen atoms in total.